The van der Waals surface area contributed by atoms with Crippen LogP contribution in [0.25, 0.3) is 0 Å². The van der Waals surface area contributed by atoms with Crippen LogP contribution in [0.15, 0.2) is 29.4 Å². The largest absolute Gasteiger partial charge is 0.492 e. The quantitative estimate of drug-likeness (QED) is 0.274. The lowest BCUT2D eigenvalue weighted by atomic mass is 9.63. The number of amides is 2. The van der Waals surface area contributed by atoms with E-state index in [0.717, 1.165) is 20.6 Å². The van der Waals surface area contributed by atoms with Crippen LogP contribution < -0.4 is 9.47 Å². The van der Waals surface area contributed by atoms with E-state index in [1.54, 1.807) is 13.3 Å². The number of benzene rings is 1. The van der Waals surface area contributed by atoms with E-state index >= 15 is 0 Å². The van der Waals surface area contributed by atoms with E-state index in [1.165, 1.54) is 0 Å². The summed E-state index contributed by atoms with van der Waals surface area (Å²) in [4.78, 5) is 25.9. The van der Waals surface area contributed by atoms with Gasteiger partial charge in [-0.3, -0.25) is 9.59 Å². The summed E-state index contributed by atoms with van der Waals surface area (Å²) in [6.07, 6.45) is 7.05. The highest BCUT2D eigenvalue weighted by Gasteiger charge is 2.67. The third kappa shape index (κ3) is 2.54. The Hall–Kier alpha value is -1.90. The molecule has 0 radical (unpaired) electrons. The van der Waals surface area contributed by atoms with Crippen molar-refractivity contribution in [3.05, 3.63) is 33.4 Å². The van der Waals surface area contributed by atoms with E-state index < -0.39 is 0 Å². The molecule has 5 aliphatic rings. The Morgan fingerprint density at radius 1 is 1.18 bits per heavy atom. The van der Waals surface area contributed by atoms with Gasteiger partial charge in [0.1, 0.15) is 0 Å². The number of rotatable bonds is 5. The van der Waals surface area contributed by atoms with Gasteiger partial charge in [-0.2, -0.15) is 10.1 Å². The fourth-order valence-corrected chi connectivity index (χ4v) is 6.15. The molecular weight excluding hydrogens is 471 g/mol. The summed E-state index contributed by atoms with van der Waals surface area (Å²) < 4.78 is 11.9. The number of carbonyl (C=O) groups excluding carboxylic acids is 2. The first-order chi connectivity index (χ1) is 13.5. The molecule has 1 aliphatic heterocycles. The molecule has 6 nitrogen and oxygen atoms in total. The second kappa shape index (κ2) is 6.57. The summed E-state index contributed by atoms with van der Waals surface area (Å²) in [6.45, 7) is 2.42. The molecule has 7 heteroatoms. The van der Waals surface area contributed by atoms with Crippen LogP contribution in [0.1, 0.15) is 18.9 Å². The van der Waals surface area contributed by atoms with E-state index in [2.05, 4.69) is 39.8 Å². The van der Waals surface area contributed by atoms with Gasteiger partial charge < -0.3 is 9.47 Å². The molecule has 0 aromatic heterocycles. The summed E-state index contributed by atoms with van der Waals surface area (Å²) in [7, 11) is 1.60. The van der Waals surface area contributed by atoms with Crippen LogP contribution in [-0.4, -0.2) is 36.8 Å². The Bertz CT molecular complexity index is 891. The Morgan fingerprint density at radius 2 is 1.82 bits per heavy atom. The topological polar surface area (TPSA) is 68.2 Å². The number of imide groups is 1. The van der Waals surface area contributed by atoms with Crippen molar-refractivity contribution in [2.24, 2.45) is 40.6 Å². The van der Waals surface area contributed by atoms with Gasteiger partial charge in [-0.1, -0.05) is 12.2 Å². The highest BCUT2D eigenvalue weighted by Crippen LogP contribution is 2.65. The molecule has 1 aromatic carbocycles. The van der Waals surface area contributed by atoms with Gasteiger partial charge >= 0.3 is 0 Å². The van der Waals surface area contributed by atoms with Gasteiger partial charge in [0.05, 0.1) is 35.3 Å². The van der Waals surface area contributed by atoms with Crippen molar-refractivity contribution in [3.63, 3.8) is 0 Å². The van der Waals surface area contributed by atoms with Crippen LogP contribution in [0.5, 0.6) is 11.5 Å². The summed E-state index contributed by atoms with van der Waals surface area (Å²) in [6, 6.07) is 3.70. The SMILES string of the molecule is CCOc1cc(/C=N\N2C(=O)[C@@H]3[C@H]4C=C[C@@H]([C@@H]5C[C@H]45)[C@H]3C2=O)cc(I)c1OC. The second-order valence-electron chi connectivity index (χ2n) is 7.85. The molecule has 1 saturated heterocycles. The van der Waals surface area contributed by atoms with Crippen LogP contribution in [-0.2, 0) is 9.59 Å². The van der Waals surface area contributed by atoms with Crippen molar-refractivity contribution >= 4 is 40.6 Å². The van der Waals surface area contributed by atoms with Crippen LogP contribution in [0.3, 0.4) is 0 Å². The molecule has 146 valence electrons. The highest BCUT2D eigenvalue weighted by atomic mass is 127. The zero-order valence-corrected chi connectivity index (χ0v) is 17.8. The van der Waals surface area contributed by atoms with Crippen molar-refractivity contribution in [3.8, 4) is 11.5 Å². The Labute approximate surface area is 177 Å². The number of halogens is 1. The standard InChI is InChI=1S/C21H21IN2O4/c1-3-28-16-7-10(6-15(22)19(16)27-2)9-23-24-20(25)17-11-4-5-12(14-8-13(11)14)18(17)21(24)26/h4-7,9,11-14,17-18H,3,8H2,1-2H3/b23-9-/t11-,12-,13-,14+,17+,18+/m0/s1. The van der Waals surface area contributed by atoms with Crippen LogP contribution in [0.2, 0.25) is 0 Å². The smallest absolute Gasteiger partial charge is 0.254 e. The highest BCUT2D eigenvalue weighted by molar-refractivity contribution is 14.1. The zero-order valence-electron chi connectivity index (χ0n) is 15.7. The molecule has 28 heavy (non-hydrogen) atoms. The lowest BCUT2D eigenvalue weighted by Crippen LogP contribution is -2.40. The second-order valence-corrected chi connectivity index (χ2v) is 9.02. The molecular formula is C21H21IN2O4. The minimum Gasteiger partial charge on any atom is -0.492 e. The van der Waals surface area contributed by atoms with Crippen molar-refractivity contribution < 1.29 is 19.1 Å². The Kier molecular flexibility index (Phi) is 4.26. The molecule has 2 bridgehead atoms. The summed E-state index contributed by atoms with van der Waals surface area (Å²) in [5, 5.41) is 5.40. The average Bonchev–Trinajstić information content (AvgIpc) is 3.46. The zero-order chi connectivity index (χ0) is 19.6. The average molecular weight is 492 g/mol. The van der Waals surface area contributed by atoms with E-state index in [9.17, 15) is 9.59 Å². The van der Waals surface area contributed by atoms with Gasteiger partial charge in [0.2, 0.25) is 0 Å². The maximum atomic E-state index is 13.0. The molecule has 1 aromatic rings. The molecule has 6 rings (SSSR count). The lowest BCUT2D eigenvalue weighted by Gasteiger charge is -2.37. The molecule has 1 heterocycles. The summed E-state index contributed by atoms with van der Waals surface area (Å²) in [5.41, 5.74) is 0.757. The van der Waals surface area contributed by atoms with E-state index in [0.29, 0.717) is 29.9 Å². The van der Waals surface area contributed by atoms with Gasteiger partial charge in [0.15, 0.2) is 11.5 Å². The van der Waals surface area contributed by atoms with Crippen molar-refractivity contribution in [1.29, 1.82) is 0 Å². The van der Waals surface area contributed by atoms with Gasteiger partial charge in [0.25, 0.3) is 11.8 Å². The van der Waals surface area contributed by atoms with Crippen molar-refractivity contribution in [2.75, 3.05) is 13.7 Å². The summed E-state index contributed by atoms with van der Waals surface area (Å²) >= 11 is 2.17. The number of hydrogen-bond acceptors (Lipinski definition) is 5. The minimum absolute atomic E-state index is 0.149. The third-order valence-corrected chi connectivity index (χ3v) is 7.30. The first-order valence-corrected chi connectivity index (χ1v) is 10.7. The van der Waals surface area contributed by atoms with Gasteiger partial charge in [0, 0.05) is 0 Å². The Morgan fingerprint density at radius 3 is 2.39 bits per heavy atom. The van der Waals surface area contributed by atoms with Crippen LogP contribution >= 0.6 is 22.6 Å². The molecule has 0 unspecified atom stereocenters. The number of nitrogens with zero attached hydrogens (tertiary/aromatic N) is 2. The van der Waals surface area contributed by atoms with Crippen LogP contribution in [0, 0.1) is 39.1 Å². The first kappa shape index (κ1) is 18.1. The Balaban J connectivity index is 1.42. The van der Waals surface area contributed by atoms with Crippen LogP contribution in [0.4, 0.5) is 0 Å². The predicted molar refractivity (Wildman–Crippen MR) is 111 cm³/mol. The van der Waals surface area contributed by atoms with Crippen molar-refractivity contribution in [1.82, 2.24) is 5.01 Å². The molecule has 6 atom stereocenters. The molecule has 0 N–H and O–H groups in total. The first-order valence-electron chi connectivity index (χ1n) is 9.65. The number of hydrazone groups is 1. The predicted octanol–water partition coefficient (Wildman–Crippen LogP) is 3.09. The number of allylic oxidation sites excluding steroid dienone is 2. The molecule has 3 fully saturated rings. The minimum atomic E-state index is -0.224. The molecule has 2 amide bonds. The van der Waals surface area contributed by atoms with Crippen molar-refractivity contribution in [2.45, 2.75) is 13.3 Å². The maximum absolute atomic E-state index is 13.0. The number of ether oxygens (including phenoxy) is 2. The van der Waals surface area contributed by atoms with E-state index in [4.69, 9.17) is 9.47 Å². The normalized spacial score (nSPS) is 34.8. The van der Waals surface area contributed by atoms with Gasteiger partial charge in [-0.15, -0.1) is 0 Å². The maximum Gasteiger partial charge on any atom is 0.254 e. The fraction of sp³-hybridized carbons (Fsp3) is 0.476. The number of carbonyl (C=O) groups is 2. The van der Waals surface area contributed by atoms with E-state index in [-0.39, 0.29) is 35.5 Å². The third-order valence-electron chi connectivity index (χ3n) is 6.50. The van der Waals surface area contributed by atoms with E-state index in [1.807, 2.05) is 19.1 Å². The fourth-order valence-electron chi connectivity index (χ4n) is 5.30. The van der Waals surface area contributed by atoms with Gasteiger partial charge in [-0.05, 0) is 77.3 Å². The molecule has 2 saturated carbocycles. The lowest BCUT2D eigenvalue weighted by molar-refractivity contribution is -0.140. The van der Waals surface area contributed by atoms with Gasteiger partial charge in [-0.25, -0.2) is 0 Å². The molecule has 4 aliphatic carbocycles. The number of methoxy groups -OCH3 is 1. The molecule has 0 spiro atoms. The summed E-state index contributed by atoms with van der Waals surface area (Å²) in [5.74, 6) is 2.15. The number of hydrogen-bond donors (Lipinski definition) is 0. The monoisotopic (exact) mass is 492 g/mol.